The van der Waals surface area contributed by atoms with Gasteiger partial charge >= 0.3 is 12.0 Å². The van der Waals surface area contributed by atoms with Crippen LogP contribution in [0.2, 0.25) is 0 Å². The average molecular weight is 227 g/mol. The maximum absolute atomic E-state index is 11.4. The van der Waals surface area contributed by atoms with Gasteiger partial charge in [0.1, 0.15) is 0 Å². The summed E-state index contributed by atoms with van der Waals surface area (Å²) in [6.45, 7) is 3.86. The predicted octanol–water partition coefficient (Wildman–Crippen LogP) is -0.199. The van der Waals surface area contributed by atoms with Gasteiger partial charge in [-0.25, -0.2) is 0 Å². The Bertz CT molecular complexity index is 400. The van der Waals surface area contributed by atoms with E-state index in [9.17, 15) is 9.59 Å². The van der Waals surface area contributed by atoms with Crippen LogP contribution < -0.4 is 5.73 Å². The molecule has 6 nitrogen and oxygen atoms in total. The zero-order valence-electron chi connectivity index (χ0n) is 9.27. The number of nitrogens with two attached hydrogens (primary N) is 1. The lowest BCUT2D eigenvalue weighted by Gasteiger charge is -2.22. The second-order valence-corrected chi connectivity index (χ2v) is 4.82. The molecular formula is C10H15N2O4+. The van der Waals surface area contributed by atoms with Crippen molar-refractivity contribution in [2.24, 2.45) is 11.1 Å². The molecule has 2 unspecified atom stereocenters. The molecule has 6 heteroatoms. The minimum Gasteiger partial charge on any atom is -0.436 e. The quantitative estimate of drug-likeness (QED) is 0.637. The largest absolute Gasteiger partial charge is 0.597 e. The van der Waals surface area contributed by atoms with Crippen LogP contribution in [0.5, 0.6) is 0 Å². The lowest BCUT2D eigenvalue weighted by Crippen LogP contribution is -2.52. The summed E-state index contributed by atoms with van der Waals surface area (Å²) in [6.07, 6.45) is -1.18. The maximum atomic E-state index is 11.4. The fraction of sp³-hybridized carbons (Fsp3) is 0.700. The van der Waals surface area contributed by atoms with Crippen LogP contribution in [0.4, 0.5) is 4.79 Å². The summed E-state index contributed by atoms with van der Waals surface area (Å²) in [5.41, 5.74) is 5.02. The van der Waals surface area contributed by atoms with Crippen molar-refractivity contribution in [2.45, 2.75) is 32.4 Å². The van der Waals surface area contributed by atoms with E-state index in [0.717, 1.165) is 4.58 Å². The first-order valence-electron chi connectivity index (χ1n) is 5.17. The number of amides is 1. The summed E-state index contributed by atoms with van der Waals surface area (Å²) in [5, 5.41) is 9.11. The number of carboxylic acid groups (broad SMARTS) is 1. The molecule has 2 atom stereocenters. The first kappa shape index (κ1) is 11.1. The lowest BCUT2D eigenvalue weighted by molar-refractivity contribution is -0.474. The molecule has 1 fully saturated rings. The molecule has 88 valence electrons. The van der Waals surface area contributed by atoms with Crippen LogP contribution in [0, 0.1) is 5.41 Å². The van der Waals surface area contributed by atoms with E-state index in [4.69, 9.17) is 15.6 Å². The van der Waals surface area contributed by atoms with Gasteiger partial charge in [-0.05, 0) is 13.8 Å². The SMILES string of the molecule is CC(C)(CN)C1=[N+](C(=O)O)C2C(=O)CC2O1. The average Bonchev–Trinajstić information content (AvgIpc) is 2.51. The smallest absolute Gasteiger partial charge is 0.436 e. The Kier molecular flexibility index (Phi) is 2.27. The van der Waals surface area contributed by atoms with Crippen LogP contribution in [-0.2, 0) is 9.53 Å². The van der Waals surface area contributed by atoms with E-state index in [-0.39, 0.29) is 18.4 Å². The molecule has 1 aliphatic carbocycles. The van der Waals surface area contributed by atoms with E-state index >= 15 is 0 Å². The lowest BCUT2D eigenvalue weighted by atomic mass is 9.87. The molecule has 0 bridgehead atoms. The Hall–Kier alpha value is -1.43. The molecule has 16 heavy (non-hydrogen) atoms. The van der Waals surface area contributed by atoms with Gasteiger partial charge in [0.15, 0.2) is 6.10 Å². The number of Topliss-reactive ketones (excluding diaryl/α,β-unsaturated/α-hetero) is 1. The van der Waals surface area contributed by atoms with E-state index in [1.165, 1.54) is 0 Å². The molecular weight excluding hydrogens is 212 g/mol. The van der Waals surface area contributed by atoms with Crippen LogP contribution in [0.15, 0.2) is 0 Å². The molecule has 1 aliphatic heterocycles. The van der Waals surface area contributed by atoms with Crippen molar-refractivity contribution in [3.63, 3.8) is 0 Å². The van der Waals surface area contributed by atoms with Gasteiger partial charge in [-0.3, -0.25) is 4.79 Å². The van der Waals surface area contributed by atoms with Crippen LogP contribution in [0.3, 0.4) is 0 Å². The Morgan fingerprint density at radius 3 is 2.75 bits per heavy atom. The Labute approximate surface area is 92.7 Å². The third kappa shape index (κ3) is 1.33. The number of hydrogen-bond acceptors (Lipinski definition) is 4. The highest BCUT2D eigenvalue weighted by atomic mass is 16.5. The molecule has 1 amide bonds. The number of carbonyl (C=O) groups is 2. The molecule has 0 spiro atoms. The van der Waals surface area contributed by atoms with Gasteiger partial charge in [0.2, 0.25) is 5.78 Å². The Balaban J connectivity index is 2.44. The zero-order chi connectivity index (χ0) is 12.1. The first-order valence-corrected chi connectivity index (χ1v) is 5.17. The van der Waals surface area contributed by atoms with E-state index < -0.39 is 17.6 Å². The number of fused-ring (bicyclic) bond motifs is 1. The molecule has 3 N–H and O–H groups in total. The molecule has 0 radical (unpaired) electrons. The van der Waals surface area contributed by atoms with Crippen molar-refractivity contribution < 1.29 is 24.0 Å². The highest BCUT2D eigenvalue weighted by Crippen LogP contribution is 2.33. The fourth-order valence-electron chi connectivity index (χ4n) is 2.00. The van der Waals surface area contributed by atoms with Crippen molar-refractivity contribution in [1.29, 1.82) is 0 Å². The van der Waals surface area contributed by atoms with Crippen LogP contribution in [0.25, 0.3) is 0 Å². The van der Waals surface area contributed by atoms with Gasteiger partial charge in [-0.1, -0.05) is 4.58 Å². The topological polar surface area (TPSA) is 92.6 Å². The minimum absolute atomic E-state index is 0.0878. The van der Waals surface area contributed by atoms with Gasteiger partial charge in [0, 0.05) is 6.54 Å². The molecule has 0 aromatic carbocycles. The normalized spacial score (nSPS) is 28.6. The number of nitrogens with zero attached hydrogens (tertiary/aromatic N) is 1. The van der Waals surface area contributed by atoms with Gasteiger partial charge in [0.05, 0.1) is 11.8 Å². The van der Waals surface area contributed by atoms with Crippen molar-refractivity contribution in [3.8, 4) is 0 Å². The van der Waals surface area contributed by atoms with Gasteiger partial charge in [-0.2, -0.15) is 4.79 Å². The second kappa shape index (κ2) is 3.28. The van der Waals surface area contributed by atoms with Gasteiger partial charge in [0.25, 0.3) is 6.04 Å². The van der Waals surface area contributed by atoms with E-state index in [1.54, 1.807) is 13.8 Å². The first-order chi connectivity index (χ1) is 7.38. The minimum atomic E-state index is -1.16. The molecule has 0 saturated heterocycles. The Morgan fingerprint density at radius 1 is 1.69 bits per heavy atom. The standard InChI is InChI=1S/C10H14N2O4/c1-10(2,4-11)8-12(9(14)15)7-5(13)3-6(7)16-8/h6-7H,3-4,11H2,1-2H3/p+1. The monoisotopic (exact) mass is 227 g/mol. The molecule has 1 saturated carbocycles. The molecule has 2 aliphatic rings. The van der Waals surface area contributed by atoms with Gasteiger partial charge < -0.3 is 15.6 Å². The van der Waals surface area contributed by atoms with Crippen LogP contribution >= 0.6 is 0 Å². The van der Waals surface area contributed by atoms with Crippen molar-refractivity contribution in [3.05, 3.63) is 0 Å². The summed E-state index contributed by atoms with van der Waals surface area (Å²) in [4.78, 5) is 22.5. The predicted molar refractivity (Wildman–Crippen MR) is 54.4 cm³/mol. The molecule has 1 heterocycles. The summed E-state index contributed by atoms with van der Waals surface area (Å²) in [6, 6.07) is -0.654. The number of ketones is 1. The van der Waals surface area contributed by atoms with Gasteiger partial charge in [-0.15, -0.1) is 0 Å². The summed E-state index contributed by atoms with van der Waals surface area (Å²) in [5.74, 6) is 0.207. The van der Waals surface area contributed by atoms with Crippen molar-refractivity contribution >= 4 is 17.8 Å². The van der Waals surface area contributed by atoms with Crippen LogP contribution in [-0.4, -0.2) is 46.1 Å². The third-order valence-electron chi connectivity index (χ3n) is 3.14. The van der Waals surface area contributed by atoms with E-state index in [2.05, 4.69) is 0 Å². The van der Waals surface area contributed by atoms with E-state index in [0.29, 0.717) is 12.3 Å². The number of hydrogen-bond donors (Lipinski definition) is 2. The highest BCUT2D eigenvalue weighted by Gasteiger charge is 2.62. The highest BCUT2D eigenvalue weighted by molar-refractivity contribution is 5.96. The summed E-state index contributed by atoms with van der Waals surface area (Å²) < 4.78 is 6.55. The van der Waals surface area contributed by atoms with Crippen molar-refractivity contribution in [1.82, 2.24) is 0 Å². The zero-order valence-corrected chi connectivity index (χ0v) is 9.27. The summed E-state index contributed by atoms with van der Waals surface area (Å²) >= 11 is 0. The number of ether oxygens (including phenoxy) is 1. The Morgan fingerprint density at radius 2 is 2.31 bits per heavy atom. The fourth-order valence-corrected chi connectivity index (χ4v) is 2.00. The summed E-state index contributed by atoms with van der Waals surface area (Å²) in [7, 11) is 0. The van der Waals surface area contributed by atoms with Crippen molar-refractivity contribution in [2.75, 3.05) is 6.54 Å². The molecule has 2 rings (SSSR count). The number of carbonyl (C=O) groups excluding carboxylic acids is 1. The second-order valence-electron chi connectivity index (χ2n) is 4.82. The van der Waals surface area contributed by atoms with Crippen LogP contribution in [0.1, 0.15) is 20.3 Å². The van der Waals surface area contributed by atoms with E-state index in [1.807, 2.05) is 0 Å². The number of rotatable bonds is 2. The molecule has 0 aromatic rings. The molecule has 0 aromatic heterocycles. The third-order valence-corrected chi connectivity index (χ3v) is 3.14. The maximum Gasteiger partial charge on any atom is 0.597 e.